The summed E-state index contributed by atoms with van der Waals surface area (Å²) in [5.74, 6) is 1.04. The molecule has 0 spiro atoms. The van der Waals surface area contributed by atoms with Crippen LogP contribution < -0.4 is 5.32 Å². The molecule has 3 unspecified atom stereocenters. The van der Waals surface area contributed by atoms with Crippen LogP contribution in [0.4, 0.5) is 0 Å². The van der Waals surface area contributed by atoms with Crippen LogP contribution in [0.15, 0.2) is 47.5 Å². The van der Waals surface area contributed by atoms with Crippen molar-refractivity contribution in [1.82, 2.24) is 30.8 Å². The number of halogens is 2. The number of hydrogen-bond donors (Lipinski definition) is 2. The van der Waals surface area contributed by atoms with Crippen LogP contribution in [0, 0.1) is 16.7 Å². The maximum Gasteiger partial charge on any atom is 0.275 e. The quantitative estimate of drug-likeness (QED) is 0.192. The van der Waals surface area contributed by atoms with E-state index in [1.54, 1.807) is 18.2 Å². The number of aromatic amines is 1. The van der Waals surface area contributed by atoms with E-state index in [9.17, 15) is 4.79 Å². The fraction of sp³-hybridized carbons (Fsp3) is 0.571. The Morgan fingerprint density at radius 3 is 2.20 bits per heavy atom. The second kappa shape index (κ2) is 14.3. The zero-order valence-electron chi connectivity index (χ0n) is 28.0. The molecular formula is C35H49Cl2N7O. The normalized spacial score (nSPS) is 18.8. The molecule has 45 heavy (non-hydrogen) atoms. The first kappa shape index (κ1) is 35.1. The van der Waals surface area contributed by atoms with Crippen LogP contribution in [0.2, 0.25) is 10.0 Å². The summed E-state index contributed by atoms with van der Waals surface area (Å²) in [4.78, 5) is 21.9. The van der Waals surface area contributed by atoms with Crippen molar-refractivity contribution in [3.8, 4) is 0 Å². The molecule has 8 nitrogen and oxygen atoms in total. The van der Waals surface area contributed by atoms with Gasteiger partial charge in [-0.3, -0.25) is 9.79 Å². The van der Waals surface area contributed by atoms with Gasteiger partial charge in [0.1, 0.15) is 11.4 Å². The van der Waals surface area contributed by atoms with Gasteiger partial charge in [-0.25, -0.2) is 0 Å². The van der Waals surface area contributed by atoms with Crippen molar-refractivity contribution < 1.29 is 4.79 Å². The number of benzene rings is 2. The number of H-pyrrole nitrogens is 1. The molecule has 2 N–H and O–H groups in total. The zero-order chi connectivity index (χ0) is 33.0. The Bertz CT molecular complexity index is 1440. The molecule has 3 atom stereocenters. The van der Waals surface area contributed by atoms with Crippen molar-refractivity contribution in [3.63, 3.8) is 0 Å². The summed E-state index contributed by atoms with van der Waals surface area (Å²) in [6.07, 6.45) is 4.56. The molecule has 4 rings (SSSR count). The summed E-state index contributed by atoms with van der Waals surface area (Å²) in [6, 6.07) is 13.7. The molecular weight excluding hydrogens is 605 g/mol. The number of carbonyl (C=O) groups is 1. The SMILES string of the molecule is CCC(CCC1(C)N=C(c2cc(Cl)cc(Cl)c2)C(=O)N1C(CCC(C)(C)C)c1ccc(CNCc2nn[nH]n2)cc1)C(C)(C)C. The van der Waals surface area contributed by atoms with Gasteiger partial charge in [0.05, 0.1) is 12.6 Å². The smallest absolute Gasteiger partial charge is 0.275 e. The fourth-order valence-corrected chi connectivity index (χ4v) is 6.88. The summed E-state index contributed by atoms with van der Waals surface area (Å²) in [5, 5.41) is 18.4. The molecule has 0 radical (unpaired) electrons. The van der Waals surface area contributed by atoms with Gasteiger partial charge in [-0.05, 0) is 78.7 Å². The average molecular weight is 655 g/mol. The molecule has 0 saturated carbocycles. The lowest BCUT2D eigenvalue weighted by atomic mass is 9.75. The van der Waals surface area contributed by atoms with E-state index >= 15 is 0 Å². The first-order valence-corrected chi connectivity index (χ1v) is 16.8. The predicted octanol–water partition coefficient (Wildman–Crippen LogP) is 8.56. The standard InChI is InChI=1S/C35H49Cl2N7O/c1-9-26(34(5,6)7)14-17-35(8)39-31(25-18-27(36)20-28(37)19-25)32(45)44(35)29(15-16-33(2,3)4)24-12-10-23(11-13-24)21-38-22-30-40-42-43-41-30/h10-13,18-20,26,29,38H,9,14-17,21-22H2,1-8H3,(H,40,41,42,43). The van der Waals surface area contributed by atoms with Crippen LogP contribution in [-0.4, -0.2) is 42.8 Å². The molecule has 1 aromatic heterocycles. The lowest BCUT2D eigenvalue weighted by Gasteiger charge is -2.42. The average Bonchev–Trinajstić information content (AvgIpc) is 3.55. The molecule has 0 saturated heterocycles. The Morgan fingerprint density at radius 1 is 0.978 bits per heavy atom. The van der Waals surface area contributed by atoms with E-state index in [4.69, 9.17) is 28.2 Å². The van der Waals surface area contributed by atoms with E-state index in [2.05, 4.69) is 110 Å². The number of rotatable bonds is 13. The van der Waals surface area contributed by atoms with E-state index in [1.165, 1.54) is 0 Å². The van der Waals surface area contributed by atoms with Gasteiger partial charge in [-0.2, -0.15) is 5.21 Å². The highest BCUT2D eigenvalue weighted by atomic mass is 35.5. The molecule has 244 valence electrons. The highest BCUT2D eigenvalue weighted by Crippen LogP contribution is 2.44. The first-order valence-electron chi connectivity index (χ1n) is 16.0. The van der Waals surface area contributed by atoms with Crippen LogP contribution in [-0.2, 0) is 17.9 Å². The number of hydrogen-bond acceptors (Lipinski definition) is 6. The highest BCUT2D eigenvalue weighted by molar-refractivity contribution is 6.47. The van der Waals surface area contributed by atoms with Crippen LogP contribution >= 0.6 is 23.2 Å². The van der Waals surface area contributed by atoms with Crippen molar-refractivity contribution in [2.75, 3.05) is 0 Å². The number of nitrogens with zero attached hydrogens (tertiary/aromatic N) is 5. The summed E-state index contributed by atoms with van der Waals surface area (Å²) < 4.78 is 0. The van der Waals surface area contributed by atoms with Gasteiger partial charge in [-0.1, -0.05) is 108 Å². The predicted molar refractivity (Wildman–Crippen MR) is 183 cm³/mol. The number of aromatic nitrogens is 4. The van der Waals surface area contributed by atoms with Crippen LogP contribution in [0.1, 0.15) is 116 Å². The Balaban J connectivity index is 1.70. The Hall–Kier alpha value is -2.81. The van der Waals surface area contributed by atoms with Gasteiger partial charge in [-0.15, -0.1) is 10.2 Å². The van der Waals surface area contributed by atoms with Crippen molar-refractivity contribution in [2.24, 2.45) is 21.7 Å². The van der Waals surface area contributed by atoms with Crippen LogP contribution in [0.3, 0.4) is 0 Å². The minimum absolute atomic E-state index is 0.0793. The number of aliphatic imine (C=N–C) groups is 1. The van der Waals surface area contributed by atoms with E-state index in [0.29, 0.717) is 46.2 Å². The fourth-order valence-electron chi connectivity index (χ4n) is 6.35. The lowest BCUT2D eigenvalue weighted by Crippen LogP contribution is -2.47. The summed E-state index contributed by atoms with van der Waals surface area (Å²) >= 11 is 12.8. The van der Waals surface area contributed by atoms with E-state index < -0.39 is 5.66 Å². The van der Waals surface area contributed by atoms with E-state index in [-0.39, 0.29) is 22.8 Å². The molecule has 1 aliphatic heterocycles. The van der Waals surface area contributed by atoms with Crippen molar-refractivity contribution in [2.45, 2.75) is 112 Å². The van der Waals surface area contributed by atoms with Crippen LogP contribution in [0.5, 0.6) is 0 Å². The van der Waals surface area contributed by atoms with Crippen molar-refractivity contribution in [1.29, 1.82) is 0 Å². The Morgan fingerprint density at radius 2 is 1.64 bits per heavy atom. The third kappa shape index (κ3) is 9.14. The highest BCUT2D eigenvalue weighted by Gasteiger charge is 2.48. The summed E-state index contributed by atoms with van der Waals surface area (Å²) in [5.41, 5.74) is 2.84. The third-order valence-corrected chi connectivity index (χ3v) is 9.39. The maximum absolute atomic E-state index is 14.6. The maximum atomic E-state index is 14.6. The Kier molecular flexibility index (Phi) is 11.1. The molecule has 10 heteroatoms. The van der Waals surface area contributed by atoms with E-state index in [1.807, 2.05) is 0 Å². The second-order valence-electron chi connectivity index (χ2n) is 14.8. The van der Waals surface area contributed by atoms with Gasteiger partial charge in [0, 0.05) is 22.2 Å². The lowest BCUT2D eigenvalue weighted by molar-refractivity contribution is -0.131. The molecule has 0 bridgehead atoms. The Labute approximate surface area is 278 Å². The molecule has 3 aromatic rings. The van der Waals surface area contributed by atoms with Gasteiger partial charge < -0.3 is 10.2 Å². The number of nitrogens with one attached hydrogen (secondary N) is 2. The molecule has 1 aliphatic rings. The second-order valence-corrected chi connectivity index (χ2v) is 15.7. The van der Waals surface area contributed by atoms with Crippen molar-refractivity contribution >= 4 is 34.8 Å². The molecule has 0 fully saturated rings. The summed E-state index contributed by atoms with van der Waals surface area (Å²) in [7, 11) is 0. The zero-order valence-corrected chi connectivity index (χ0v) is 29.6. The number of amides is 1. The minimum atomic E-state index is -0.729. The van der Waals surface area contributed by atoms with Gasteiger partial charge >= 0.3 is 0 Å². The van der Waals surface area contributed by atoms with E-state index in [0.717, 1.165) is 43.2 Å². The van der Waals surface area contributed by atoms with Gasteiger partial charge in [0.2, 0.25) is 0 Å². The summed E-state index contributed by atoms with van der Waals surface area (Å²) in [6.45, 7) is 19.2. The van der Waals surface area contributed by atoms with Crippen molar-refractivity contribution in [3.05, 3.63) is 75.0 Å². The molecule has 2 aromatic carbocycles. The molecule has 0 aliphatic carbocycles. The number of carbonyl (C=O) groups excluding carboxylic acids is 1. The minimum Gasteiger partial charge on any atom is -0.306 e. The van der Waals surface area contributed by atoms with Gasteiger partial charge in [0.15, 0.2) is 5.82 Å². The molecule has 2 heterocycles. The van der Waals surface area contributed by atoms with Crippen LogP contribution in [0.25, 0.3) is 0 Å². The third-order valence-electron chi connectivity index (χ3n) is 8.96. The topological polar surface area (TPSA) is 99.2 Å². The molecule has 1 amide bonds. The largest absolute Gasteiger partial charge is 0.306 e. The first-order chi connectivity index (χ1) is 21.1. The van der Waals surface area contributed by atoms with Gasteiger partial charge in [0.25, 0.3) is 5.91 Å². The monoisotopic (exact) mass is 653 g/mol. The number of tetrazole rings is 1.